The summed E-state index contributed by atoms with van der Waals surface area (Å²) in [5.41, 5.74) is 5.25. The van der Waals surface area contributed by atoms with Gasteiger partial charge in [-0.3, -0.25) is 9.39 Å². The fraction of sp³-hybridized carbons (Fsp3) is 0.304. The van der Waals surface area contributed by atoms with Crippen molar-refractivity contribution >= 4 is 11.6 Å². The lowest BCUT2D eigenvalue weighted by Gasteiger charge is -2.15. The van der Waals surface area contributed by atoms with Crippen LogP contribution in [0.5, 0.6) is 0 Å². The molecule has 0 saturated carbocycles. The van der Waals surface area contributed by atoms with Crippen molar-refractivity contribution in [3.05, 3.63) is 77.5 Å². The van der Waals surface area contributed by atoms with E-state index in [-0.39, 0.29) is 0 Å². The zero-order valence-electron chi connectivity index (χ0n) is 18.2. The molecule has 8 heteroatoms. The number of aryl methyl sites for hydroxylation is 3. The monoisotopic (exact) mass is 416 g/mol. The molecule has 2 N–H and O–H groups in total. The first-order valence-corrected chi connectivity index (χ1v) is 10.5. The summed E-state index contributed by atoms with van der Waals surface area (Å²) in [6.45, 7) is 5.53. The van der Waals surface area contributed by atoms with Crippen LogP contribution in [0.3, 0.4) is 0 Å². The quantitative estimate of drug-likeness (QED) is 0.275. The van der Waals surface area contributed by atoms with Crippen LogP contribution in [0.1, 0.15) is 29.2 Å². The number of nitrogens with one attached hydrogen (secondary N) is 2. The zero-order valence-corrected chi connectivity index (χ0v) is 18.2. The first-order chi connectivity index (χ1) is 15.2. The first-order valence-electron chi connectivity index (χ1n) is 10.5. The lowest BCUT2D eigenvalue weighted by atomic mass is 10.1. The van der Waals surface area contributed by atoms with Crippen LogP contribution in [0, 0.1) is 13.8 Å². The molecule has 0 saturated heterocycles. The number of para-hydroxylation sites is 1. The number of hydrogen-bond donors (Lipinski definition) is 2. The Kier molecular flexibility index (Phi) is 6.26. The fourth-order valence-corrected chi connectivity index (χ4v) is 3.65. The van der Waals surface area contributed by atoms with E-state index in [1.165, 1.54) is 0 Å². The largest absolute Gasteiger partial charge is 0.356 e. The molecule has 0 spiro atoms. The number of benzene rings is 1. The highest BCUT2D eigenvalue weighted by molar-refractivity contribution is 5.79. The molecule has 1 aromatic carbocycles. The van der Waals surface area contributed by atoms with Gasteiger partial charge in [0.25, 0.3) is 0 Å². The van der Waals surface area contributed by atoms with Crippen molar-refractivity contribution in [2.45, 2.75) is 33.2 Å². The van der Waals surface area contributed by atoms with E-state index in [0.717, 1.165) is 59.5 Å². The van der Waals surface area contributed by atoms with Crippen molar-refractivity contribution in [1.82, 2.24) is 35.0 Å². The predicted molar refractivity (Wildman–Crippen MR) is 123 cm³/mol. The molecular formula is C23H28N8. The van der Waals surface area contributed by atoms with Crippen LogP contribution in [0.15, 0.2) is 59.7 Å². The van der Waals surface area contributed by atoms with Crippen LogP contribution in [-0.4, -0.2) is 43.9 Å². The SMILES string of the molecule is CN=C(NCCCc1nnc2ccccn12)NCc1ccccc1-n1nc(C)cc1C. The number of rotatable bonds is 7. The highest BCUT2D eigenvalue weighted by Gasteiger charge is 2.09. The van der Waals surface area contributed by atoms with E-state index in [1.807, 2.05) is 52.5 Å². The van der Waals surface area contributed by atoms with Crippen LogP contribution in [0.25, 0.3) is 11.3 Å². The second kappa shape index (κ2) is 9.42. The summed E-state index contributed by atoms with van der Waals surface area (Å²) in [6, 6.07) is 16.3. The van der Waals surface area contributed by atoms with Gasteiger partial charge in [-0.05, 0) is 50.1 Å². The summed E-state index contributed by atoms with van der Waals surface area (Å²) < 4.78 is 4.02. The maximum absolute atomic E-state index is 4.63. The van der Waals surface area contributed by atoms with E-state index in [9.17, 15) is 0 Å². The number of fused-ring (bicyclic) bond motifs is 1. The molecule has 31 heavy (non-hydrogen) atoms. The minimum absolute atomic E-state index is 0.656. The van der Waals surface area contributed by atoms with Crippen LogP contribution < -0.4 is 10.6 Å². The molecular weight excluding hydrogens is 388 g/mol. The summed E-state index contributed by atoms with van der Waals surface area (Å²) in [5.74, 6) is 1.74. The summed E-state index contributed by atoms with van der Waals surface area (Å²) >= 11 is 0. The average Bonchev–Trinajstić information content (AvgIpc) is 3.35. The summed E-state index contributed by atoms with van der Waals surface area (Å²) in [6.07, 6.45) is 3.77. The van der Waals surface area contributed by atoms with E-state index in [4.69, 9.17) is 0 Å². The van der Waals surface area contributed by atoms with Gasteiger partial charge in [-0.2, -0.15) is 5.10 Å². The van der Waals surface area contributed by atoms with Crippen LogP contribution in [0.4, 0.5) is 0 Å². The first kappa shape index (κ1) is 20.6. The normalized spacial score (nSPS) is 11.8. The Labute approximate surface area is 182 Å². The summed E-state index contributed by atoms with van der Waals surface area (Å²) in [7, 11) is 1.79. The Morgan fingerprint density at radius 2 is 1.87 bits per heavy atom. The van der Waals surface area contributed by atoms with Gasteiger partial charge in [-0.15, -0.1) is 10.2 Å². The summed E-state index contributed by atoms with van der Waals surface area (Å²) in [4.78, 5) is 4.35. The number of aliphatic imine (C=N–C) groups is 1. The van der Waals surface area contributed by atoms with Gasteiger partial charge in [0.15, 0.2) is 11.6 Å². The molecule has 3 aromatic heterocycles. The fourth-order valence-electron chi connectivity index (χ4n) is 3.65. The molecule has 4 rings (SSSR count). The molecule has 0 aliphatic rings. The number of guanidine groups is 1. The standard InChI is InChI=1S/C23H28N8/c1-17-15-18(2)31(29-17)20-10-5-4-9-19(20)16-26-23(24-3)25-13-8-12-22-28-27-21-11-6-7-14-30(21)22/h4-7,9-11,14-15H,8,12-13,16H2,1-3H3,(H2,24,25,26). The second-order valence-electron chi connectivity index (χ2n) is 7.47. The molecule has 4 aromatic rings. The lowest BCUT2D eigenvalue weighted by Crippen LogP contribution is -2.37. The molecule has 8 nitrogen and oxygen atoms in total. The zero-order chi connectivity index (χ0) is 21.6. The molecule has 0 aliphatic carbocycles. The smallest absolute Gasteiger partial charge is 0.191 e. The van der Waals surface area contributed by atoms with Gasteiger partial charge in [0.1, 0.15) is 5.82 Å². The van der Waals surface area contributed by atoms with Gasteiger partial charge in [-0.25, -0.2) is 4.68 Å². The Bertz CT molecular complexity index is 1190. The lowest BCUT2D eigenvalue weighted by molar-refractivity contribution is 0.712. The Balaban J connectivity index is 1.32. The van der Waals surface area contributed by atoms with Crippen molar-refractivity contribution in [2.24, 2.45) is 4.99 Å². The van der Waals surface area contributed by atoms with Crippen molar-refractivity contribution in [3.8, 4) is 5.69 Å². The molecule has 0 fully saturated rings. The van der Waals surface area contributed by atoms with Crippen LogP contribution >= 0.6 is 0 Å². The van der Waals surface area contributed by atoms with Gasteiger partial charge < -0.3 is 10.6 Å². The van der Waals surface area contributed by atoms with Gasteiger partial charge >= 0.3 is 0 Å². The Morgan fingerprint density at radius 1 is 1.03 bits per heavy atom. The minimum Gasteiger partial charge on any atom is -0.356 e. The van der Waals surface area contributed by atoms with E-state index in [1.54, 1.807) is 7.05 Å². The van der Waals surface area contributed by atoms with E-state index >= 15 is 0 Å². The van der Waals surface area contributed by atoms with Gasteiger partial charge in [0.05, 0.1) is 11.4 Å². The maximum Gasteiger partial charge on any atom is 0.191 e. The molecule has 0 unspecified atom stereocenters. The Hall–Kier alpha value is -3.68. The van der Waals surface area contributed by atoms with E-state index in [0.29, 0.717) is 6.54 Å². The van der Waals surface area contributed by atoms with Gasteiger partial charge in [0, 0.05) is 38.4 Å². The molecule has 0 atom stereocenters. The minimum atomic E-state index is 0.656. The third-order valence-electron chi connectivity index (χ3n) is 5.15. The third kappa shape index (κ3) is 4.74. The van der Waals surface area contributed by atoms with Crippen molar-refractivity contribution < 1.29 is 0 Å². The topological polar surface area (TPSA) is 84.4 Å². The average molecular weight is 417 g/mol. The highest BCUT2D eigenvalue weighted by atomic mass is 15.3. The van der Waals surface area contributed by atoms with Crippen molar-refractivity contribution in [3.63, 3.8) is 0 Å². The van der Waals surface area contributed by atoms with Crippen molar-refractivity contribution in [2.75, 3.05) is 13.6 Å². The van der Waals surface area contributed by atoms with Crippen LogP contribution in [0.2, 0.25) is 0 Å². The van der Waals surface area contributed by atoms with E-state index in [2.05, 4.69) is 56.0 Å². The molecule has 0 aliphatic heterocycles. The molecule has 3 heterocycles. The third-order valence-corrected chi connectivity index (χ3v) is 5.15. The number of aromatic nitrogens is 5. The van der Waals surface area contributed by atoms with Crippen molar-refractivity contribution in [1.29, 1.82) is 0 Å². The summed E-state index contributed by atoms with van der Waals surface area (Å²) in [5, 5.41) is 19.9. The van der Waals surface area contributed by atoms with Crippen LogP contribution in [-0.2, 0) is 13.0 Å². The highest BCUT2D eigenvalue weighted by Crippen LogP contribution is 2.16. The molecule has 160 valence electrons. The number of hydrogen-bond acceptors (Lipinski definition) is 4. The second-order valence-corrected chi connectivity index (χ2v) is 7.47. The number of nitrogens with zero attached hydrogens (tertiary/aromatic N) is 6. The molecule has 0 bridgehead atoms. The molecule has 0 amide bonds. The van der Waals surface area contributed by atoms with E-state index < -0.39 is 0 Å². The van der Waals surface area contributed by atoms with Gasteiger partial charge in [0.2, 0.25) is 0 Å². The Morgan fingerprint density at radius 3 is 2.68 bits per heavy atom. The van der Waals surface area contributed by atoms with Gasteiger partial charge in [-0.1, -0.05) is 24.3 Å². The molecule has 0 radical (unpaired) electrons. The predicted octanol–water partition coefficient (Wildman–Crippen LogP) is 2.83. The number of pyridine rings is 1. The maximum atomic E-state index is 4.63.